The molecule has 0 aromatic heterocycles. The van der Waals surface area contributed by atoms with Crippen LogP contribution in [-0.2, 0) is 4.79 Å². The van der Waals surface area contributed by atoms with Gasteiger partial charge in [-0.1, -0.05) is 13.8 Å². The van der Waals surface area contributed by atoms with E-state index in [4.69, 9.17) is 9.84 Å². The third kappa shape index (κ3) is 7.68. The van der Waals surface area contributed by atoms with E-state index in [2.05, 4.69) is 19.2 Å². The van der Waals surface area contributed by atoms with Crippen molar-refractivity contribution in [1.29, 1.82) is 0 Å². The minimum atomic E-state index is -0.866. The molecule has 0 aliphatic carbocycles. The average Bonchev–Trinajstić information content (AvgIpc) is 2.45. The number of aliphatic carboxylic acids is 1. The lowest BCUT2D eigenvalue weighted by atomic mass is 9.98. The van der Waals surface area contributed by atoms with Crippen molar-refractivity contribution in [3.05, 3.63) is 29.8 Å². The first-order chi connectivity index (χ1) is 10.7. The summed E-state index contributed by atoms with van der Waals surface area (Å²) in [5, 5.41) is 11.6. The molecule has 128 valence electrons. The molecule has 1 amide bonds. The van der Waals surface area contributed by atoms with Crippen LogP contribution in [0.5, 0.6) is 5.75 Å². The van der Waals surface area contributed by atoms with Crippen LogP contribution in [-0.4, -0.2) is 29.1 Å². The molecule has 0 saturated heterocycles. The lowest BCUT2D eigenvalue weighted by Gasteiger charge is -2.25. The lowest BCUT2D eigenvalue weighted by molar-refractivity contribution is -0.137. The minimum Gasteiger partial charge on any atom is -0.494 e. The molecule has 0 unspecified atom stereocenters. The Kier molecular flexibility index (Phi) is 7.07. The number of carboxylic acid groups (broad SMARTS) is 1. The third-order valence-corrected chi connectivity index (χ3v) is 3.50. The molecule has 0 aliphatic heterocycles. The summed E-state index contributed by atoms with van der Waals surface area (Å²) in [6.07, 6.45) is 1.39. The van der Waals surface area contributed by atoms with Crippen LogP contribution in [0.4, 0.5) is 0 Å². The number of carbonyl (C=O) groups excluding carboxylic acids is 1. The number of benzene rings is 1. The maximum absolute atomic E-state index is 12.2. The predicted octanol–water partition coefficient (Wildman–Crippen LogP) is 3.48. The number of carbonyl (C=O) groups is 2. The fraction of sp³-hybridized carbons (Fsp3) is 0.556. The van der Waals surface area contributed by atoms with E-state index < -0.39 is 11.5 Å². The number of nitrogens with one attached hydrogen (secondary N) is 1. The number of carboxylic acids is 1. The molecule has 0 spiro atoms. The number of amides is 1. The van der Waals surface area contributed by atoms with E-state index in [9.17, 15) is 9.59 Å². The highest BCUT2D eigenvalue weighted by Gasteiger charge is 2.22. The van der Waals surface area contributed by atoms with Crippen LogP contribution < -0.4 is 10.1 Å². The predicted molar refractivity (Wildman–Crippen MR) is 89.8 cm³/mol. The summed E-state index contributed by atoms with van der Waals surface area (Å²) in [6.45, 7) is 8.58. The first-order valence-corrected chi connectivity index (χ1v) is 7.97. The second-order valence-electron chi connectivity index (χ2n) is 6.79. The van der Waals surface area contributed by atoms with Crippen molar-refractivity contribution in [1.82, 2.24) is 5.32 Å². The molecule has 2 N–H and O–H groups in total. The number of ether oxygens (including phenoxy) is 1. The van der Waals surface area contributed by atoms with Gasteiger partial charge in [-0.05, 0) is 56.9 Å². The molecule has 0 fully saturated rings. The smallest absolute Gasteiger partial charge is 0.303 e. The van der Waals surface area contributed by atoms with E-state index in [1.165, 1.54) is 0 Å². The summed E-state index contributed by atoms with van der Waals surface area (Å²) in [5.41, 5.74) is -0.0355. The molecular weight excluding hydrogens is 294 g/mol. The lowest BCUT2D eigenvalue weighted by Crippen LogP contribution is -2.43. The van der Waals surface area contributed by atoms with Gasteiger partial charge in [0.25, 0.3) is 5.91 Å². The first-order valence-electron chi connectivity index (χ1n) is 7.97. The molecule has 0 radical (unpaired) electrons. The van der Waals surface area contributed by atoms with Gasteiger partial charge in [0.2, 0.25) is 0 Å². The van der Waals surface area contributed by atoms with Crippen LogP contribution in [0.15, 0.2) is 24.3 Å². The Morgan fingerprint density at radius 1 is 1.22 bits per heavy atom. The standard InChI is InChI=1S/C18H27NO4/c1-13(2)10-12-23-15-7-5-14(6-8-15)17(22)19-18(3,4)11-9-16(20)21/h5-8,13H,9-12H2,1-4H3,(H,19,22)(H,20,21). The van der Waals surface area contributed by atoms with Crippen LogP contribution in [0.2, 0.25) is 0 Å². The van der Waals surface area contributed by atoms with Gasteiger partial charge in [0, 0.05) is 17.5 Å². The van der Waals surface area contributed by atoms with E-state index in [0.29, 0.717) is 24.5 Å². The van der Waals surface area contributed by atoms with E-state index >= 15 is 0 Å². The molecule has 23 heavy (non-hydrogen) atoms. The fourth-order valence-electron chi connectivity index (χ4n) is 1.98. The number of hydrogen-bond donors (Lipinski definition) is 2. The molecule has 1 aromatic carbocycles. The quantitative estimate of drug-likeness (QED) is 0.730. The Morgan fingerprint density at radius 3 is 2.35 bits per heavy atom. The molecule has 0 saturated carbocycles. The molecule has 0 atom stereocenters. The van der Waals surface area contributed by atoms with Gasteiger partial charge < -0.3 is 15.2 Å². The van der Waals surface area contributed by atoms with Crippen LogP contribution in [0.3, 0.4) is 0 Å². The van der Waals surface area contributed by atoms with Crippen molar-refractivity contribution in [2.45, 2.75) is 52.5 Å². The maximum Gasteiger partial charge on any atom is 0.303 e. The van der Waals surface area contributed by atoms with Crippen LogP contribution >= 0.6 is 0 Å². The van der Waals surface area contributed by atoms with Crippen molar-refractivity contribution >= 4 is 11.9 Å². The molecule has 1 rings (SSSR count). The Hall–Kier alpha value is -2.04. The minimum absolute atomic E-state index is 0.0237. The zero-order valence-electron chi connectivity index (χ0n) is 14.4. The Balaban J connectivity index is 2.54. The number of rotatable bonds is 9. The zero-order chi connectivity index (χ0) is 17.5. The number of hydrogen-bond acceptors (Lipinski definition) is 3. The van der Waals surface area contributed by atoms with E-state index in [1.807, 2.05) is 13.8 Å². The summed E-state index contributed by atoms with van der Waals surface area (Å²) in [6, 6.07) is 6.99. The Morgan fingerprint density at radius 2 is 1.83 bits per heavy atom. The Bertz CT molecular complexity index is 520. The molecule has 0 aliphatic rings. The van der Waals surface area contributed by atoms with Gasteiger partial charge >= 0.3 is 5.97 Å². The monoisotopic (exact) mass is 321 g/mol. The van der Waals surface area contributed by atoms with Crippen LogP contribution in [0.25, 0.3) is 0 Å². The van der Waals surface area contributed by atoms with Crippen molar-refractivity contribution in [2.75, 3.05) is 6.61 Å². The summed E-state index contributed by atoms with van der Waals surface area (Å²) >= 11 is 0. The highest BCUT2D eigenvalue weighted by atomic mass is 16.5. The first kappa shape index (κ1) is 19.0. The highest BCUT2D eigenvalue weighted by molar-refractivity contribution is 5.94. The topological polar surface area (TPSA) is 75.6 Å². The molecule has 0 bridgehead atoms. The summed E-state index contributed by atoms with van der Waals surface area (Å²) in [4.78, 5) is 22.9. The van der Waals surface area contributed by atoms with Gasteiger partial charge in [-0.25, -0.2) is 0 Å². The van der Waals surface area contributed by atoms with E-state index in [-0.39, 0.29) is 12.3 Å². The third-order valence-electron chi connectivity index (χ3n) is 3.50. The van der Waals surface area contributed by atoms with Crippen LogP contribution in [0.1, 0.15) is 57.3 Å². The SMILES string of the molecule is CC(C)CCOc1ccc(C(=O)NC(C)(C)CCC(=O)O)cc1. The average molecular weight is 321 g/mol. The molecular formula is C18H27NO4. The van der Waals surface area contributed by atoms with Crippen molar-refractivity contribution in [3.8, 4) is 5.75 Å². The van der Waals surface area contributed by atoms with Gasteiger partial charge in [-0.3, -0.25) is 9.59 Å². The summed E-state index contributed by atoms with van der Waals surface area (Å²) in [7, 11) is 0. The van der Waals surface area contributed by atoms with Crippen molar-refractivity contribution in [2.24, 2.45) is 5.92 Å². The summed E-state index contributed by atoms with van der Waals surface area (Å²) < 4.78 is 5.62. The van der Waals surface area contributed by atoms with Gasteiger partial charge in [0.05, 0.1) is 6.61 Å². The highest BCUT2D eigenvalue weighted by Crippen LogP contribution is 2.16. The van der Waals surface area contributed by atoms with Gasteiger partial charge in [0.15, 0.2) is 0 Å². The fourth-order valence-corrected chi connectivity index (χ4v) is 1.98. The molecule has 1 aromatic rings. The normalized spacial score (nSPS) is 11.3. The molecule has 5 nitrogen and oxygen atoms in total. The second kappa shape index (κ2) is 8.56. The van der Waals surface area contributed by atoms with Crippen LogP contribution in [0, 0.1) is 5.92 Å². The van der Waals surface area contributed by atoms with Crippen molar-refractivity contribution < 1.29 is 19.4 Å². The van der Waals surface area contributed by atoms with Gasteiger partial charge in [0.1, 0.15) is 5.75 Å². The zero-order valence-corrected chi connectivity index (χ0v) is 14.4. The van der Waals surface area contributed by atoms with Gasteiger partial charge in [-0.2, -0.15) is 0 Å². The van der Waals surface area contributed by atoms with E-state index in [0.717, 1.165) is 12.2 Å². The second-order valence-corrected chi connectivity index (χ2v) is 6.79. The Labute approximate surface area is 138 Å². The largest absolute Gasteiger partial charge is 0.494 e. The van der Waals surface area contributed by atoms with Gasteiger partial charge in [-0.15, -0.1) is 0 Å². The van der Waals surface area contributed by atoms with Crippen molar-refractivity contribution in [3.63, 3.8) is 0 Å². The van der Waals surface area contributed by atoms with E-state index in [1.54, 1.807) is 24.3 Å². The summed E-state index contributed by atoms with van der Waals surface area (Å²) in [5.74, 6) is 0.254. The molecule has 5 heteroatoms. The molecule has 0 heterocycles. The maximum atomic E-state index is 12.2.